The highest BCUT2D eigenvalue weighted by Crippen LogP contribution is 2.20. The predicted octanol–water partition coefficient (Wildman–Crippen LogP) is 1.75. The summed E-state index contributed by atoms with van der Waals surface area (Å²) in [5.41, 5.74) is 0.938. The summed E-state index contributed by atoms with van der Waals surface area (Å²) in [7, 11) is 1.13. The lowest BCUT2D eigenvalue weighted by Crippen LogP contribution is -2.43. The van der Waals surface area contributed by atoms with Crippen molar-refractivity contribution in [1.29, 1.82) is 0 Å². The van der Waals surface area contributed by atoms with Crippen molar-refractivity contribution in [3.8, 4) is 0 Å². The van der Waals surface area contributed by atoms with E-state index in [1.807, 2.05) is 35.6 Å². The Morgan fingerprint density at radius 2 is 1.79 bits per heavy atom. The average Bonchev–Trinajstić information content (AvgIpc) is 2.72. The molecule has 28 heavy (non-hydrogen) atoms. The number of methoxy groups -OCH3 is 1. The summed E-state index contributed by atoms with van der Waals surface area (Å²) in [4.78, 5) is 48.9. The van der Waals surface area contributed by atoms with E-state index in [1.165, 1.54) is 13.0 Å². The van der Waals surface area contributed by atoms with Gasteiger partial charge in [0, 0.05) is 19.2 Å². The molecule has 1 aliphatic rings. The molecular weight excluding hydrogens is 364 g/mol. The molecule has 0 saturated carbocycles. The highest BCUT2D eigenvalue weighted by molar-refractivity contribution is 5.95. The van der Waals surface area contributed by atoms with Gasteiger partial charge >= 0.3 is 12.1 Å². The number of amides is 3. The molecule has 8 heteroatoms. The molecular formula is C20H24N2O6. The van der Waals surface area contributed by atoms with Crippen LogP contribution in [0.25, 0.3) is 6.08 Å². The second kappa shape index (κ2) is 10.2. The van der Waals surface area contributed by atoms with Gasteiger partial charge in [-0.2, -0.15) is 0 Å². The number of piperidine rings is 1. The number of likely N-dealkylation sites (tertiary alicyclic amines) is 1. The molecule has 1 aliphatic heterocycles. The molecule has 0 aliphatic carbocycles. The molecule has 0 unspecified atom stereocenters. The van der Waals surface area contributed by atoms with Crippen molar-refractivity contribution in [3.63, 3.8) is 0 Å². The molecule has 0 aromatic heterocycles. The first-order valence-corrected chi connectivity index (χ1v) is 9.02. The zero-order valence-electron chi connectivity index (χ0n) is 15.9. The Kier molecular flexibility index (Phi) is 7.74. The number of carbonyl (C=O) groups is 4. The van der Waals surface area contributed by atoms with Gasteiger partial charge in [0.05, 0.1) is 13.0 Å². The Morgan fingerprint density at radius 3 is 2.39 bits per heavy atom. The minimum Gasteiger partial charge on any atom is -0.453 e. The standard InChI is InChI=1S/C20H24N2O6/c1-14(18(24)21-20(26)27-2)28-19(25)16-10-12-22(13-11-16)17(23)9-8-15-6-4-3-5-7-15/h3-9,14,16H,10-13H2,1-2H3,(H,21,24,26)/b9-8+/t14-/m0/s1. The van der Waals surface area contributed by atoms with E-state index in [0.717, 1.165) is 12.7 Å². The quantitative estimate of drug-likeness (QED) is 0.609. The van der Waals surface area contributed by atoms with E-state index in [9.17, 15) is 19.2 Å². The maximum absolute atomic E-state index is 12.3. The molecule has 0 spiro atoms. The molecule has 0 bridgehead atoms. The normalized spacial score (nSPS) is 15.7. The summed E-state index contributed by atoms with van der Waals surface area (Å²) < 4.78 is 9.44. The summed E-state index contributed by atoms with van der Waals surface area (Å²) in [5, 5.41) is 1.95. The molecule has 1 saturated heterocycles. The number of benzene rings is 1. The molecule has 1 fully saturated rings. The van der Waals surface area contributed by atoms with Gasteiger partial charge in [0.1, 0.15) is 0 Å². The SMILES string of the molecule is COC(=O)NC(=O)[C@H](C)OC(=O)C1CCN(C(=O)/C=C/c2ccccc2)CC1. The van der Waals surface area contributed by atoms with Crippen molar-refractivity contribution < 1.29 is 28.7 Å². The van der Waals surface area contributed by atoms with E-state index in [4.69, 9.17) is 4.74 Å². The van der Waals surface area contributed by atoms with E-state index in [1.54, 1.807) is 11.0 Å². The van der Waals surface area contributed by atoms with Crippen molar-refractivity contribution in [2.24, 2.45) is 5.92 Å². The lowest BCUT2D eigenvalue weighted by molar-refractivity contribution is -0.160. The van der Waals surface area contributed by atoms with Crippen LogP contribution in [0.3, 0.4) is 0 Å². The summed E-state index contributed by atoms with van der Waals surface area (Å²) in [6.45, 7) is 2.24. The summed E-state index contributed by atoms with van der Waals surface area (Å²) in [5.74, 6) is -1.77. The molecule has 1 N–H and O–H groups in total. The van der Waals surface area contributed by atoms with Crippen LogP contribution in [0, 0.1) is 5.92 Å². The third-order valence-electron chi connectivity index (χ3n) is 4.43. The Bertz CT molecular complexity index is 738. The Hall–Kier alpha value is -3.16. The average molecular weight is 388 g/mol. The predicted molar refractivity (Wildman–Crippen MR) is 101 cm³/mol. The van der Waals surface area contributed by atoms with Crippen LogP contribution in [0.15, 0.2) is 36.4 Å². The monoisotopic (exact) mass is 388 g/mol. The van der Waals surface area contributed by atoms with Crippen LogP contribution in [0.2, 0.25) is 0 Å². The first-order chi connectivity index (χ1) is 13.4. The van der Waals surface area contributed by atoms with Crippen molar-refractivity contribution in [2.75, 3.05) is 20.2 Å². The Labute approximate surface area is 163 Å². The first kappa shape index (κ1) is 21.1. The summed E-state index contributed by atoms with van der Waals surface area (Å²) >= 11 is 0. The first-order valence-electron chi connectivity index (χ1n) is 9.02. The van der Waals surface area contributed by atoms with E-state index < -0.39 is 30.0 Å². The van der Waals surface area contributed by atoms with Gasteiger partial charge in [-0.1, -0.05) is 30.3 Å². The number of alkyl carbamates (subject to hydrolysis) is 1. The fraction of sp³-hybridized carbons (Fsp3) is 0.400. The topological polar surface area (TPSA) is 102 Å². The third kappa shape index (κ3) is 6.22. The zero-order valence-corrected chi connectivity index (χ0v) is 15.9. The smallest absolute Gasteiger partial charge is 0.413 e. The van der Waals surface area contributed by atoms with Crippen LogP contribution >= 0.6 is 0 Å². The number of rotatable bonds is 5. The van der Waals surface area contributed by atoms with Crippen LogP contribution in [0.1, 0.15) is 25.3 Å². The number of carbonyl (C=O) groups excluding carboxylic acids is 4. The highest BCUT2D eigenvalue weighted by Gasteiger charge is 2.30. The van der Waals surface area contributed by atoms with Crippen molar-refractivity contribution in [3.05, 3.63) is 42.0 Å². The van der Waals surface area contributed by atoms with Crippen molar-refractivity contribution >= 4 is 30.0 Å². The number of ether oxygens (including phenoxy) is 2. The number of hydrogen-bond donors (Lipinski definition) is 1. The molecule has 1 aromatic carbocycles. The molecule has 1 heterocycles. The van der Waals surface area contributed by atoms with Crippen LogP contribution in [-0.4, -0.2) is 55.1 Å². The fourth-order valence-corrected chi connectivity index (χ4v) is 2.75. The maximum Gasteiger partial charge on any atom is 0.413 e. The van der Waals surface area contributed by atoms with Gasteiger partial charge in [-0.15, -0.1) is 0 Å². The van der Waals surface area contributed by atoms with E-state index in [2.05, 4.69) is 4.74 Å². The molecule has 8 nitrogen and oxygen atoms in total. The van der Waals surface area contributed by atoms with Gasteiger partial charge in [-0.05, 0) is 31.4 Å². The number of hydrogen-bond acceptors (Lipinski definition) is 6. The number of nitrogens with zero attached hydrogens (tertiary/aromatic N) is 1. The molecule has 3 amide bonds. The minimum absolute atomic E-state index is 0.110. The second-order valence-electron chi connectivity index (χ2n) is 6.40. The number of esters is 1. The highest BCUT2D eigenvalue weighted by atomic mass is 16.6. The van der Waals surface area contributed by atoms with E-state index in [-0.39, 0.29) is 5.91 Å². The van der Waals surface area contributed by atoms with Gasteiger partial charge in [-0.3, -0.25) is 19.7 Å². The van der Waals surface area contributed by atoms with Crippen LogP contribution in [0.4, 0.5) is 4.79 Å². The molecule has 0 radical (unpaired) electrons. The van der Waals surface area contributed by atoms with E-state index >= 15 is 0 Å². The van der Waals surface area contributed by atoms with Gasteiger partial charge in [0.25, 0.3) is 5.91 Å². The maximum atomic E-state index is 12.3. The van der Waals surface area contributed by atoms with Crippen LogP contribution in [0.5, 0.6) is 0 Å². The van der Waals surface area contributed by atoms with Gasteiger partial charge in [-0.25, -0.2) is 4.79 Å². The fourth-order valence-electron chi connectivity index (χ4n) is 2.75. The zero-order chi connectivity index (χ0) is 20.5. The van der Waals surface area contributed by atoms with Crippen LogP contribution in [-0.2, 0) is 23.9 Å². The molecule has 1 atom stereocenters. The van der Waals surface area contributed by atoms with E-state index in [0.29, 0.717) is 25.9 Å². The lowest BCUT2D eigenvalue weighted by atomic mass is 9.97. The van der Waals surface area contributed by atoms with Gasteiger partial charge in [0.15, 0.2) is 6.10 Å². The number of nitrogens with one attached hydrogen (secondary N) is 1. The molecule has 2 rings (SSSR count). The number of imide groups is 1. The molecule has 150 valence electrons. The summed E-state index contributed by atoms with van der Waals surface area (Å²) in [6, 6.07) is 9.51. The minimum atomic E-state index is -1.11. The van der Waals surface area contributed by atoms with Crippen molar-refractivity contribution in [2.45, 2.75) is 25.9 Å². The summed E-state index contributed by atoms with van der Waals surface area (Å²) in [6.07, 6.45) is 2.16. The Balaban J connectivity index is 1.78. The van der Waals surface area contributed by atoms with Gasteiger partial charge in [0.2, 0.25) is 5.91 Å². The van der Waals surface area contributed by atoms with Crippen molar-refractivity contribution in [1.82, 2.24) is 10.2 Å². The van der Waals surface area contributed by atoms with Gasteiger partial charge < -0.3 is 14.4 Å². The van der Waals surface area contributed by atoms with Crippen LogP contribution < -0.4 is 5.32 Å². The Morgan fingerprint density at radius 1 is 1.14 bits per heavy atom. The third-order valence-corrected chi connectivity index (χ3v) is 4.43. The second-order valence-corrected chi connectivity index (χ2v) is 6.40. The largest absolute Gasteiger partial charge is 0.453 e. The lowest BCUT2D eigenvalue weighted by Gasteiger charge is -2.30. The molecule has 1 aromatic rings.